The van der Waals surface area contributed by atoms with Crippen LogP contribution in [0.4, 0.5) is 11.6 Å². The Labute approximate surface area is 129 Å². The van der Waals surface area contributed by atoms with E-state index in [0.29, 0.717) is 18.2 Å². The van der Waals surface area contributed by atoms with Crippen LogP contribution in [-0.2, 0) is 11.3 Å². The number of nitrogens with two attached hydrogens (primary N) is 1. The third-order valence-corrected chi connectivity index (χ3v) is 3.75. The van der Waals surface area contributed by atoms with Crippen LogP contribution in [0.25, 0.3) is 0 Å². The van der Waals surface area contributed by atoms with Crippen LogP contribution in [0, 0.1) is 6.92 Å². The summed E-state index contributed by atoms with van der Waals surface area (Å²) >= 11 is 0. The summed E-state index contributed by atoms with van der Waals surface area (Å²) in [6.45, 7) is 3.33. The highest BCUT2D eigenvalue weighted by Crippen LogP contribution is 2.34. The summed E-state index contributed by atoms with van der Waals surface area (Å²) in [5.41, 5.74) is 7.49. The Hall–Kier alpha value is -2.28. The summed E-state index contributed by atoms with van der Waals surface area (Å²) in [7, 11) is 1.65. The van der Waals surface area contributed by atoms with Crippen LogP contribution in [0.2, 0.25) is 0 Å². The average Bonchev–Trinajstić information content (AvgIpc) is 2.97. The molecule has 0 radical (unpaired) electrons. The van der Waals surface area contributed by atoms with Crippen LogP contribution in [-0.4, -0.2) is 33.8 Å². The Morgan fingerprint density at radius 2 is 2.18 bits per heavy atom. The number of hydrogen-bond donors (Lipinski definition) is 1. The molecular formula is C15H20N6O. The molecule has 0 saturated carbocycles. The molecule has 1 atom stereocenters. The molecule has 3 heterocycles. The zero-order chi connectivity index (χ0) is 15.5. The molecule has 116 valence electrons. The minimum absolute atomic E-state index is 0.179. The van der Waals surface area contributed by atoms with Crippen LogP contribution in [0.1, 0.15) is 36.1 Å². The van der Waals surface area contributed by atoms with Crippen LogP contribution in [0.5, 0.6) is 0 Å². The van der Waals surface area contributed by atoms with E-state index in [9.17, 15) is 0 Å². The zero-order valence-electron chi connectivity index (χ0n) is 12.9. The monoisotopic (exact) mass is 300 g/mol. The highest BCUT2D eigenvalue weighted by Gasteiger charge is 2.29. The maximum atomic E-state index is 5.62. The fourth-order valence-electron chi connectivity index (χ4n) is 2.83. The molecule has 0 spiro atoms. The first kappa shape index (κ1) is 14.6. The van der Waals surface area contributed by atoms with Gasteiger partial charge in [0.25, 0.3) is 0 Å². The van der Waals surface area contributed by atoms with E-state index >= 15 is 0 Å². The van der Waals surface area contributed by atoms with Crippen molar-refractivity contribution in [2.75, 3.05) is 24.3 Å². The van der Waals surface area contributed by atoms with E-state index < -0.39 is 0 Å². The number of aryl methyl sites for hydroxylation is 1. The predicted octanol–water partition coefficient (Wildman–Crippen LogP) is 1.65. The number of anilines is 2. The molecule has 3 rings (SSSR count). The molecule has 1 aliphatic heterocycles. The summed E-state index contributed by atoms with van der Waals surface area (Å²) in [5.74, 6) is 2.06. The Morgan fingerprint density at radius 3 is 2.91 bits per heavy atom. The normalized spacial score (nSPS) is 17.9. The first-order chi connectivity index (χ1) is 10.7. The van der Waals surface area contributed by atoms with Gasteiger partial charge in [-0.05, 0) is 31.9 Å². The Balaban J connectivity index is 1.91. The summed E-state index contributed by atoms with van der Waals surface area (Å²) in [6, 6.07) is 5.91. The van der Waals surface area contributed by atoms with Gasteiger partial charge in [0.1, 0.15) is 18.2 Å². The molecule has 2 N–H and O–H groups in total. The lowest BCUT2D eigenvalue weighted by molar-refractivity contribution is 0.177. The Bertz CT molecular complexity index is 645. The number of nitrogen functional groups attached to an aromatic ring is 1. The van der Waals surface area contributed by atoms with Gasteiger partial charge in [-0.3, -0.25) is 0 Å². The number of nitrogens with zero attached hydrogens (tertiary/aromatic N) is 5. The van der Waals surface area contributed by atoms with E-state index in [4.69, 9.17) is 10.5 Å². The lowest BCUT2D eigenvalue weighted by Crippen LogP contribution is -2.25. The average molecular weight is 300 g/mol. The van der Waals surface area contributed by atoms with Gasteiger partial charge in [0.2, 0.25) is 0 Å². The summed E-state index contributed by atoms with van der Waals surface area (Å²) in [5, 5.41) is 8.20. The lowest BCUT2D eigenvalue weighted by Gasteiger charge is -2.25. The summed E-state index contributed by atoms with van der Waals surface area (Å²) in [6.07, 6.45) is 2.13. The number of rotatable bonds is 4. The summed E-state index contributed by atoms with van der Waals surface area (Å²) < 4.78 is 5.15. The van der Waals surface area contributed by atoms with Gasteiger partial charge in [0.15, 0.2) is 5.82 Å². The van der Waals surface area contributed by atoms with Crippen molar-refractivity contribution >= 4 is 11.6 Å². The predicted molar refractivity (Wildman–Crippen MR) is 83.2 cm³/mol. The van der Waals surface area contributed by atoms with Crippen molar-refractivity contribution in [1.29, 1.82) is 0 Å². The molecule has 22 heavy (non-hydrogen) atoms. The van der Waals surface area contributed by atoms with Gasteiger partial charge in [-0.25, -0.2) is 9.97 Å². The van der Waals surface area contributed by atoms with Crippen LogP contribution in [0.15, 0.2) is 18.2 Å². The third-order valence-electron chi connectivity index (χ3n) is 3.75. The smallest absolute Gasteiger partial charge is 0.156 e. The molecule has 0 amide bonds. The van der Waals surface area contributed by atoms with Crippen molar-refractivity contribution in [2.24, 2.45) is 0 Å². The molecule has 2 aromatic rings. The van der Waals surface area contributed by atoms with Gasteiger partial charge in [-0.2, -0.15) is 5.10 Å². The van der Waals surface area contributed by atoms with Crippen molar-refractivity contribution in [1.82, 2.24) is 20.2 Å². The maximum Gasteiger partial charge on any atom is 0.156 e. The molecule has 0 bridgehead atoms. The van der Waals surface area contributed by atoms with Crippen molar-refractivity contribution in [3.05, 3.63) is 35.4 Å². The van der Waals surface area contributed by atoms with E-state index in [1.807, 2.05) is 19.1 Å². The topological polar surface area (TPSA) is 90.0 Å². The molecule has 1 fully saturated rings. The van der Waals surface area contributed by atoms with Gasteiger partial charge in [0.05, 0.1) is 11.7 Å². The zero-order valence-corrected chi connectivity index (χ0v) is 12.9. The molecule has 7 nitrogen and oxygen atoms in total. The van der Waals surface area contributed by atoms with E-state index in [-0.39, 0.29) is 6.04 Å². The Kier molecular flexibility index (Phi) is 4.15. The molecule has 1 saturated heterocycles. The second kappa shape index (κ2) is 6.23. The van der Waals surface area contributed by atoms with Crippen molar-refractivity contribution < 1.29 is 4.74 Å². The van der Waals surface area contributed by atoms with E-state index in [1.165, 1.54) is 0 Å². The van der Waals surface area contributed by atoms with Crippen molar-refractivity contribution in [3.8, 4) is 0 Å². The fourth-order valence-corrected chi connectivity index (χ4v) is 2.83. The van der Waals surface area contributed by atoms with Crippen LogP contribution >= 0.6 is 0 Å². The van der Waals surface area contributed by atoms with E-state index in [1.54, 1.807) is 13.2 Å². The minimum atomic E-state index is 0.179. The van der Waals surface area contributed by atoms with Gasteiger partial charge in [-0.15, -0.1) is 5.10 Å². The molecule has 1 unspecified atom stereocenters. The first-order valence-electron chi connectivity index (χ1n) is 7.36. The standard InChI is InChI=1S/C15H20N6O/c1-10-8-15(18-14(17-10)9-22-2)21-7-3-4-12(21)11-5-6-13(16)20-19-11/h5-6,8,12H,3-4,7,9H2,1-2H3,(H2,16,20). The lowest BCUT2D eigenvalue weighted by atomic mass is 10.1. The van der Waals surface area contributed by atoms with E-state index in [0.717, 1.165) is 36.6 Å². The largest absolute Gasteiger partial charge is 0.382 e. The third kappa shape index (κ3) is 2.99. The number of hydrogen-bond acceptors (Lipinski definition) is 7. The number of aromatic nitrogens is 4. The minimum Gasteiger partial charge on any atom is -0.382 e. The van der Waals surface area contributed by atoms with Crippen LogP contribution in [0.3, 0.4) is 0 Å². The van der Waals surface area contributed by atoms with Gasteiger partial charge in [-0.1, -0.05) is 0 Å². The second-order valence-corrected chi connectivity index (χ2v) is 5.45. The van der Waals surface area contributed by atoms with Crippen molar-refractivity contribution in [3.63, 3.8) is 0 Å². The summed E-state index contributed by atoms with van der Waals surface area (Å²) in [4.78, 5) is 11.3. The molecule has 0 aromatic carbocycles. The van der Waals surface area contributed by atoms with Gasteiger partial charge in [0, 0.05) is 25.4 Å². The van der Waals surface area contributed by atoms with Gasteiger partial charge < -0.3 is 15.4 Å². The molecule has 7 heteroatoms. The molecule has 2 aromatic heterocycles. The van der Waals surface area contributed by atoms with Crippen molar-refractivity contribution in [2.45, 2.75) is 32.4 Å². The molecule has 0 aliphatic carbocycles. The molecule has 1 aliphatic rings. The SMILES string of the molecule is COCc1nc(C)cc(N2CCCC2c2ccc(N)nn2)n1. The number of ether oxygens (including phenoxy) is 1. The fraction of sp³-hybridized carbons (Fsp3) is 0.467. The number of methoxy groups -OCH3 is 1. The molecular weight excluding hydrogens is 280 g/mol. The Morgan fingerprint density at radius 1 is 1.32 bits per heavy atom. The second-order valence-electron chi connectivity index (χ2n) is 5.45. The van der Waals surface area contributed by atoms with Crippen LogP contribution < -0.4 is 10.6 Å². The van der Waals surface area contributed by atoms with E-state index in [2.05, 4.69) is 25.1 Å². The quantitative estimate of drug-likeness (QED) is 0.918. The maximum absolute atomic E-state index is 5.62. The highest BCUT2D eigenvalue weighted by molar-refractivity contribution is 5.44. The first-order valence-corrected chi connectivity index (χ1v) is 7.36. The highest BCUT2D eigenvalue weighted by atomic mass is 16.5. The van der Waals surface area contributed by atoms with Gasteiger partial charge >= 0.3 is 0 Å².